The van der Waals surface area contributed by atoms with Crippen LogP contribution in [0.15, 0.2) is 18.2 Å². The highest BCUT2D eigenvalue weighted by Gasteiger charge is 2.33. The lowest BCUT2D eigenvalue weighted by molar-refractivity contribution is -0.139. The lowest BCUT2D eigenvalue weighted by Gasteiger charge is -2.32. The number of hydrogen-bond donors (Lipinski definition) is 0. The van der Waals surface area contributed by atoms with Crippen LogP contribution in [0.2, 0.25) is 5.02 Å². The number of hydrogen-bond acceptors (Lipinski definition) is 2. The molecule has 0 radical (unpaired) electrons. The molecular weight excluding hydrogens is 331 g/mol. The molecule has 0 aliphatic carbocycles. The van der Waals surface area contributed by atoms with Crippen LogP contribution in [0.3, 0.4) is 0 Å². The molecule has 2 aliphatic rings. The number of rotatable bonds is 2. The first-order chi connectivity index (χ1) is 11.5. The number of piperidine rings is 1. The van der Waals surface area contributed by atoms with Gasteiger partial charge in [-0.25, -0.2) is 4.39 Å². The van der Waals surface area contributed by atoms with E-state index in [0.717, 1.165) is 24.8 Å². The first kappa shape index (κ1) is 17.2. The molecule has 24 heavy (non-hydrogen) atoms. The van der Waals surface area contributed by atoms with Crippen molar-refractivity contribution in [1.29, 1.82) is 0 Å². The van der Waals surface area contributed by atoms with Gasteiger partial charge in [-0.15, -0.1) is 0 Å². The molecule has 0 bridgehead atoms. The molecule has 3 rings (SSSR count). The minimum atomic E-state index is -0.407. The molecule has 2 saturated heterocycles. The van der Waals surface area contributed by atoms with Gasteiger partial charge in [-0.05, 0) is 37.0 Å². The summed E-state index contributed by atoms with van der Waals surface area (Å²) >= 11 is 5.73. The Morgan fingerprint density at radius 1 is 1.12 bits per heavy atom. The van der Waals surface area contributed by atoms with Crippen LogP contribution in [0, 0.1) is 11.7 Å². The third-order valence-electron chi connectivity index (χ3n) is 5.20. The quantitative estimate of drug-likeness (QED) is 0.820. The van der Waals surface area contributed by atoms with Crippen molar-refractivity contribution < 1.29 is 14.0 Å². The van der Waals surface area contributed by atoms with Gasteiger partial charge in [0.1, 0.15) is 5.82 Å². The summed E-state index contributed by atoms with van der Waals surface area (Å²) in [5.41, 5.74) is 0.901. The average Bonchev–Trinajstić information content (AvgIpc) is 3.07. The van der Waals surface area contributed by atoms with Crippen LogP contribution in [-0.2, 0) is 9.59 Å². The summed E-state index contributed by atoms with van der Waals surface area (Å²) in [6.45, 7) is 4.22. The molecule has 2 aliphatic heterocycles. The minimum absolute atomic E-state index is 0.00121. The van der Waals surface area contributed by atoms with Crippen LogP contribution >= 0.6 is 11.6 Å². The molecule has 1 aromatic rings. The zero-order valence-corrected chi connectivity index (χ0v) is 14.6. The zero-order chi connectivity index (χ0) is 17.3. The lowest BCUT2D eigenvalue weighted by atomic mass is 9.95. The summed E-state index contributed by atoms with van der Waals surface area (Å²) < 4.78 is 13.6. The van der Waals surface area contributed by atoms with Crippen molar-refractivity contribution in [2.75, 3.05) is 26.2 Å². The van der Waals surface area contributed by atoms with Crippen LogP contribution in [0.25, 0.3) is 0 Å². The molecular formula is C18H22ClFN2O2. The summed E-state index contributed by atoms with van der Waals surface area (Å²) in [4.78, 5) is 27.8. The Labute approximate surface area is 146 Å². The van der Waals surface area contributed by atoms with Crippen molar-refractivity contribution in [2.24, 2.45) is 5.92 Å². The minimum Gasteiger partial charge on any atom is -0.343 e. The monoisotopic (exact) mass is 352 g/mol. The fourth-order valence-electron chi connectivity index (χ4n) is 3.70. The summed E-state index contributed by atoms with van der Waals surface area (Å²) in [7, 11) is 0. The van der Waals surface area contributed by atoms with Gasteiger partial charge < -0.3 is 9.80 Å². The Balaban J connectivity index is 1.58. The van der Waals surface area contributed by atoms with E-state index in [-0.39, 0.29) is 28.7 Å². The Kier molecular flexibility index (Phi) is 5.09. The third-order valence-corrected chi connectivity index (χ3v) is 5.51. The van der Waals surface area contributed by atoms with Crippen molar-refractivity contribution >= 4 is 23.4 Å². The smallest absolute Gasteiger partial charge is 0.225 e. The van der Waals surface area contributed by atoms with E-state index in [9.17, 15) is 14.0 Å². The topological polar surface area (TPSA) is 40.6 Å². The van der Waals surface area contributed by atoms with E-state index < -0.39 is 5.82 Å². The van der Waals surface area contributed by atoms with Crippen molar-refractivity contribution in [3.05, 3.63) is 34.6 Å². The van der Waals surface area contributed by atoms with Crippen molar-refractivity contribution in [3.63, 3.8) is 0 Å². The molecule has 0 spiro atoms. The van der Waals surface area contributed by atoms with Gasteiger partial charge in [-0.3, -0.25) is 9.59 Å². The number of halogens is 2. The summed E-state index contributed by atoms with van der Waals surface area (Å²) in [5, 5.41) is 0.127. The Bertz CT molecular complexity index is 644. The SMILES string of the molecule is CC(=O)N1CCC(C(=O)N2CC[C@H](c3ccc(Cl)c(F)c3)C2)CC1. The second kappa shape index (κ2) is 7.09. The third kappa shape index (κ3) is 3.56. The predicted molar refractivity (Wildman–Crippen MR) is 90.3 cm³/mol. The molecule has 1 aromatic carbocycles. The predicted octanol–water partition coefficient (Wildman–Crippen LogP) is 3.05. The number of nitrogens with zero attached hydrogens (tertiary/aromatic N) is 2. The van der Waals surface area contributed by atoms with Crippen LogP contribution in [0.4, 0.5) is 4.39 Å². The zero-order valence-electron chi connectivity index (χ0n) is 13.8. The normalized spacial score (nSPS) is 22.0. The molecule has 4 nitrogen and oxygen atoms in total. The van der Waals surface area contributed by atoms with E-state index in [0.29, 0.717) is 26.2 Å². The molecule has 0 unspecified atom stereocenters. The fourth-order valence-corrected chi connectivity index (χ4v) is 3.82. The highest BCUT2D eigenvalue weighted by Crippen LogP contribution is 2.31. The average molecular weight is 353 g/mol. The molecule has 6 heteroatoms. The molecule has 2 heterocycles. The van der Waals surface area contributed by atoms with Crippen LogP contribution < -0.4 is 0 Å². The molecule has 0 N–H and O–H groups in total. The number of likely N-dealkylation sites (tertiary alicyclic amines) is 2. The molecule has 2 amide bonds. The van der Waals surface area contributed by atoms with E-state index in [2.05, 4.69) is 0 Å². The molecule has 2 fully saturated rings. The van der Waals surface area contributed by atoms with Gasteiger partial charge in [0.05, 0.1) is 5.02 Å². The van der Waals surface area contributed by atoms with Crippen LogP contribution in [0.1, 0.15) is 37.7 Å². The maximum atomic E-state index is 13.6. The number of benzene rings is 1. The summed E-state index contributed by atoms with van der Waals surface area (Å²) in [5.74, 6) is 0.0110. The molecule has 0 saturated carbocycles. The fraction of sp³-hybridized carbons (Fsp3) is 0.556. The maximum absolute atomic E-state index is 13.6. The van der Waals surface area contributed by atoms with Gasteiger partial charge in [0.25, 0.3) is 0 Å². The van der Waals surface area contributed by atoms with Crippen LogP contribution in [0.5, 0.6) is 0 Å². The van der Waals surface area contributed by atoms with Gasteiger partial charge in [-0.2, -0.15) is 0 Å². The van der Waals surface area contributed by atoms with Crippen molar-refractivity contribution in [3.8, 4) is 0 Å². The largest absolute Gasteiger partial charge is 0.343 e. The van der Waals surface area contributed by atoms with Crippen molar-refractivity contribution in [2.45, 2.75) is 32.1 Å². The second-order valence-corrected chi connectivity index (χ2v) is 7.13. The first-order valence-corrected chi connectivity index (χ1v) is 8.82. The first-order valence-electron chi connectivity index (χ1n) is 8.45. The van der Waals surface area contributed by atoms with E-state index in [1.54, 1.807) is 17.9 Å². The Hall–Kier alpha value is -1.62. The maximum Gasteiger partial charge on any atom is 0.225 e. The second-order valence-electron chi connectivity index (χ2n) is 6.72. The van der Waals surface area contributed by atoms with Crippen molar-refractivity contribution in [1.82, 2.24) is 9.80 Å². The number of amides is 2. The molecule has 1 atom stereocenters. The Morgan fingerprint density at radius 3 is 2.42 bits per heavy atom. The van der Waals surface area contributed by atoms with E-state index in [1.807, 2.05) is 11.0 Å². The summed E-state index contributed by atoms with van der Waals surface area (Å²) in [6, 6.07) is 4.90. The lowest BCUT2D eigenvalue weighted by Crippen LogP contribution is -2.43. The van der Waals surface area contributed by atoms with Crippen LogP contribution in [-0.4, -0.2) is 47.8 Å². The van der Waals surface area contributed by atoms with Gasteiger partial charge in [-0.1, -0.05) is 17.7 Å². The Morgan fingerprint density at radius 2 is 1.79 bits per heavy atom. The van der Waals surface area contributed by atoms with Gasteiger partial charge >= 0.3 is 0 Å². The summed E-state index contributed by atoms with van der Waals surface area (Å²) in [6.07, 6.45) is 2.31. The standard InChI is InChI=1S/C18H22ClFN2O2/c1-12(23)21-7-4-13(5-8-21)18(24)22-9-6-15(11-22)14-2-3-16(19)17(20)10-14/h2-3,10,13,15H,4-9,11H2,1H3/t15-/m0/s1. The van der Waals surface area contributed by atoms with E-state index in [4.69, 9.17) is 11.6 Å². The highest BCUT2D eigenvalue weighted by atomic mass is 35.5. The highest BCUT2D eigenvalue weighted by molar-refractivity contribution is 6.30. The van der Waals surface area contributed by atoms with E-state index >= 15 is 0 Å². The van der Waals surface area contributed by atoms with Gasteiger partial charge in [0.15, 0.2) is 0 Å². The molecule has 130 valence electrons. The number of carbonyl (C=O) groups is 2. The molecule has 0 aromatic heterocycles. The number of carbonyl (C=O) groups excluding carboxylic acids is 2. The van der Waals surface area contributed by atoms with Gasteiger partial charge in [0, 0.05) is 44.9 Å². The van der Waals surface area contributed by atoms with E-state index in [1.165, 1.54) is 6.07 Å². The van der Waals surface area contributed by atoms with Gasteiger partial charge in [0.2, 0.25) is 11.8 Å².